The van der Waals surface area contributed by atoms with Gasteiger partial charge in [0.25, 0.3) is 0 Å². The van der Waals surface area contributed by atoms with E-state index in [1.54, 1.807) is 29.7 Å². The zero-order chi connectivity index (χ0) is 12.5. The van der Waals surface area contributed by atoms with Crippen LogP contribution in [0.5, 0.6) is 0 Å². The van der Waals surface area contributed by atoms with Gasteiger partial charge in [-0.25, -0.2) is 9.78 Å². The summed E-state index contributed by atoms with van der Waals surface area (Å²) >= 11 is 1.77. The van der Waals surface area contributed by atoms with Gasteiger partial charge in [0, 0.05) is 24.2 Å². The van der Waals surface area contributed by atoms with Gasteiger partial charge in [-0.2, -0.15) is 0 Å². The van der Waals surface area contributed by atoms with Crippen molar-refractivity contribution in [2.75, 3.05) is 11.4 Å². The predicted octanol–water partition coefficient (Wildman–Crippen LogP) is 2.40. The summed E-state index contributed by atoms with van der Waals surface area (Å²) in [6, 6.07) is 5.37. The molecule has 4 nitrogen and oxygen atoms in total. The van der Waals surface area contributed by atoms with Crippen molar-refractivity contribution in [3.63, 3.8) is 0 Å². The molecule has 1 aliphatic rings. The average molecular weight is 260 g/mol. The van der Waals surface area contributed by atoms with Crippen molar-refractivity contribution >= 4 is 23.1 Å². The number of carboxylic acid groups (broad SMARTS) is 1. The van der Waals surface area contributed by atoms with E-state index < -0.39 is 5.97 Å². The molecule has 2 aromatic rings. The Morgan fingerprint density at radius 2 is 2.33 bits per heavy atom. The number of nitrogens with zero attached hydrogens (tertiary/aromatic N) is 2. The number of rotatable bonds is 2. The summed E-state index contributed by atoms with van der Waals surface area (Å²) in [4.78, 5) is 18.9. The van der Waals surface area contributed by atoms with E-state index in [9.17, 15) is 9.90 Å². The molecule has 1 aliphatic heterocycles. The Morgan fingerprint density at radius 1 is 1.44 bits per heavy atom. The lowest BCUT2D eigenvalue weighted by Crippen LogP contribution is -2.31. The Morgan fingerprint density at radius 3 is 3.17 bits per heavy atom. The van der Waals surface area contributed by atoms with E-state index in [-0.39, 0.29) is 5.56 Å². The van der Waals surface area contributed by atoms with E-state index in [1.807, 2.05) is 4.90 Å². The van der Waals surface area contributed by atoms with Crippen molar-refractivity contribution in [3.05, 3.63) is 45.8 Å². The number of thiophene rings is 1. The molecule has 5 heteroatoms. The third kappa shape index (κ3) is 1.86. The molecule has 0 radical (unpaired) electrons. The van der Waals surface area contributed by atoms with Crippen LogP contribution in [0.4, 0.5) is 5.82 Å². The summed E-state index contributed by atoms with van der Waals surface area (Å²) in [5.74, 6) is -0.351. The van der Waals surface area contributed by atoms with Crippen LogP contribution in [-0.4, -0.2) is 22.6 Å². The van der Waals surface area contributed by atoms with Crippen molar-refractivity contribution in [3.8, 4) is 0 Å². The van der Waals surface area contributed by atoms with Crippen molar-refractivity contribution in [2.24, 2.45) is 0 Å². The van der Waals surface area contributed by atoms with Crippen LogP contribution in [0.25, 0.3) is 0 Å². The molecule has 2 aromatic heterocycles. The third-order valence-corrected chi connectivity index (χ3v) is 4.15. The van der Waals surface area contributed by atoms with Gasteiger partial charge in [0.15, 0.2) is 0 Å². The second-order valence-corrected chi connectivity index (χ2v) is 5.22. The first-order valence-corrected chi connectivity index (χ1v) is 6.62. The van der Waals surface area contributed by atoms with Gasteiger partial charge in [0.1, 0.15) is 11.4 Å². The van der Waals surface area contributed by atoms with E-state index in [0.29, 0.717) is 5.82 Å². The molecule has 0 aliphatic carbocycles. The molecule has 0 amide bonds. The molecular formula is C13H12N2O2S. The molecule has 3 rings (SSSR count). The van der Waals surface area contributed by atoms with Crippen LogP contribution in [0, 0.1) is 0 Å². The highest BCUT2D eigenvalue weighted by atomic mass is 32.1. The van der Waals surface area contributed by atoms with Gasteiger partial charge in [-0.3, -0.25) is 0 Å². The molecule has 0 saturated carbocycles. The topological polar surface area (TPSA) is 53.4 Å². The van der Waals surface area contributed by atoms with E-state index in [0.717, 1.165) is 19.5 Å². The Bertz CT molecular complexity index is 594. The number of anilines is 1. The maximum absolute atomic E-state index is 11.2. The first-order valence-electron chi connectivity index (χ1n) is 5.74. The summed E-state index contributed by atoms with van der Waals surface area (Å²) in [6.45, 7) is 1.57. The standard InChI is InChI=1S/C13H12N2O2S/c16-13(17)10-2-1-5-14-12(10)15-6-3-11-9(8-15)4-7-18-11/h1-2,4-5,7H,3,6,8H2,(H,16,17). The summed E-state index contributed by atoms with van der Waals surface area (Å²) < 4.78 is 0. The van der Waals surface area contributed by atoms with Crippen LogP contribution in [0.2, 0.25) is 0 Å². The zero-order valence-electron chi connectivity index (χ0n) is 9.67. The van der Waals surface area contributed by atoms with Gasteiger partial charge in [0.2, 0.25) is 0 Å². The smallest absolute Gasteiger partial charge is 0.339 e. The summed E-state index contributed by atoms with van der Waals surface area (Å²) in [7, 11) is 0. The van der Waals surface area contributed by atoms with Crippen LogP contribution in [0.1, 0.15) is 20.8 Å². The lowest BCUT2D eigenvalue weighted by molar-refractivity contribution is 0.0697. The lowest BCUT2D eigenvalue weighted by Gasteiger charge is -2.28. The van der Waals surface area contributed by atoms with E-state index in [4.69, 9.17) is 0 Å². The van der Waals surface area contributed by atoms with Crippen LogP contribution < -0.4 is 4.90 Å². The second-order valence-electron chi connectivity index (χ2n) is 4.22. The monoisotopic (exact) mass is 260 g/mol. The number of pyridine rings is 1. The van der Waals surface area contributed by atoms with Crippen LogP contribution >= 0.6 is 11.3 Å². The molecule has 0 bridgehead atoms. The number of carboxylic acids is 1. The first-order chi connectivity index (χ1) is 8.75. The number of hydrogen-bond acceptors (Lipinski definition) is 4. The molecule has 0 aromatic carbocycles. The zero-order valence-corrected chi connectivity index (χ0v) is 10.5. The highest BCUT2D eigenvalue weighted by Crippen LogP contribution is 2.28. The maximum atomic E-state index is 11.2. The number of aromatic nitrogens is 1. The lowest BCUT2D eigenvalue weighted by atomic mass is 10.1. The highest BCUT2D eigenvalue weighted by molar-refractivity contribution is 7.10. The Kier molecular flexibility index (Phi) is 2.76. The first kappa shape index (κ1) is 11.2. The fourth-order valence-electron chi connectivity index (χ4n) is 2.25. The van der Waals surface area contributed by atoms with Crippen LogP contribution in [0.3, 0.4) is 0 Å². The van der Waals surface area contributed by atoms with Crippen molar-refractivity contribution in [1.82, 2.24) is 4.98 Å². The molecule has 0 atom stereocenters. The fraction of sp³-hybridized carbons (Fsp3) is 0.231. The minimum absolute atomic E-state index is 0.274. The minimum atomic E-state index is -0.922. The van der Waals surface area contributed by atoms with E-state index >= 15 is 0 Å². The predicted molar refractivity (Wildman–Crippen MR) is 70.3 cm³/mol. The summed E-state index contributed by atoms with van der Waals surface area (Å²) in [5.41, 5.74) is 1.56. The van der Waals surface area contributed by atoms with E-state index in [2.05, 4.69) is 16.4 Å². The molecule has 92 valence electrons. The second kappa shape index (κ2) is 4.42. The minimum Gasteiger partial charge on any atom is -0.478 e. The molecule has 0 unspecified atom stereocenters. The van der Waals surface area contributed by atoms with Gasteiger partial charge >= 0.3 is 5.97 Å². The van der Waals surface area contributed by atoms with Gasteiger partial charge < -0.3 is 10.0 Å². The molecule has 3 heterocycles. The fourth-order valence-corrected chi connectivity index (χ4v) is 3.13. The molecule has 0 fully saturated rings. The Balaban J connectivity index is 1.95. The SMILES string of the molecule is O=C(O)c1cccnc1N1CCc2sccc2C1. The number of aromatic carboxylic acids is 1. The number of hydrogen-bond donors (Lipinski definition) is 1. The molecule has 18 heavy (non-hydrogen) atoms. The Hall–Kier alpha value is -1.88. The molecular weight excluding hydrogens is 248 g/mol. The molecule has 0 spiro atoms. The van der Waals surface area contributed by atoms with Crippen molar-refractivity contribution in [2.45, 2.75) is 13.0 Å². The van der Waals surface area contributed by atoms with Crippen molar-refractivity contribution < 1.29 is 9.90 Å². The summed E-state index contributed by atoms with van der Waals surface area (Å²) in [5, 5.41) is 11.3. The van der Waals surface area contributed by atoms with E-state index in [1.165, 1.54) is 10.4 Å². The van der Waals surface area contributed by atoms with Crippen molar-refractivity contribution in [1.29, 1.82) is 0 Å². The maximum Gasteiger partial charge on any atom is 0.339 e. The third-order valence-electron chi connectivity index (χ3n) is 3.12. The quantitative estimate of drug-likeness (QED) is 0.901. The molecule has 1 N–H and O–H groups in total. The average Bonchev–Trinajstić information content (AvgIpc) is 2.85. The molecule has 0 saturated heterocycles. The summed E-state index contributed by atoms with van der Waals surface area (Å²) in [6.07, 6.45) is 2.60. The Labute approximate surface area is 109 Å². The van der Waals surface area contributed by atoms with Gasteiger partial charge in [0.05, 0.1) is 0 Å². The van der Waals surface area contributed by atoms with Gasteiger partial charge in [-0.1, -0.05) is 0 Å². The number of fused-ring (bicyclic) bond motifs is 1. The van der Waals surface area contributed by atoms with Crippen LogP contribution in [0.15, 0.2) is 29.8 Å². The number of carbonyl (C=O) groups is 1. The largest absolute Gasteiger partial charge is 0.478 e. The van der Waals surface area contributed by atoms with Gasteiger partial charge in [-0.05, 0) is 35.6 Å². The normalized spacial score (nSPS) is 14.3. The van der Waals surface area contributed by atoms with Gasteiger partial charge in [-0.15, -0.1) is 11.3 Å². The highest BCUT2D eigenvalue weighted by Gasteiger charge is 2.22. The van der Waals surface area contributed by atoms with Crippen LogP contribution in [-0.2, 0) is 13.0 Å².